The maximum absolute atomic E-state index is 6.13. The lowest BCUT2D eigenvalue weighted by Gasteiger charge is -2.36. The molecule has 0 bridgehead atoms. The molecule has 0 saturated carbocycles. The zero-order valence-electron chi connectivity index (χ0n) is 17.9. The van der Waals surface area contributed by atoms with Crippen LogP contribution in [0, 0.1) is 5.92 Å². The molecule has 2 aliphatic rings. The quantitative estimate of drug-likeness (QED) is 0.397. The number of halogens is 1. The van der Waals surface area contributed by atoms with Crippen molar-refractivity contribution >= 4 is 23.2 Å². The van der Waals surface area contributed by atoms with E-state index in [0.717, 1.165) is 83.0 Å². The summed E-state index contributed by atoms with van der Waals surface area (Å²) in [6.07, 6.45) is 2.32. The normalized spacial score (nSPS) is 21.1. The van der Waals surface area contributed by atoms with Crippen molar-refractivity contribution in [3.8, 4) is 0 Å². The number of piperazine rings is 1. The summed E-state index contributed by atoms with van der Waals surface area (Å²) in [4.78, 5) is 11.8. The first kappa shape index (κ1) is 22.2. The number of rotatable bonds is 8. The topological polar surface area (TPSA) is 43.3 Å². The van der Waals surface area contributed by atoms with Crippen molar-refractivity contribution in [1.29, 1.82) is 0 Å². The van der Waals surface area contributed by atoms with Gasteiger partial charge in [-0.05, 0) is 44.5 Å². The number of hydrogen-bond acceptors (Lipinski definition) is 4. The van der Waals surface area contributed by atoms with E-state index < -0.39 is 0 Å². The number of benzene rings is 1. The van der Waals surface area contributed by atoms with Gasteiger partial charge in [0.25, 0.3) is 0 Å². The number of ether oxygens (including phenoxy) is 1. The highest BCUT2D eigenvalue weighted by molar-refractivity contribution is 6.30. The van der Waals surface area contributed by atoms with Crippen molar-refractivity contribution in [1.82, 2.24) is 15.1 Å². The van der Waals surface area contributed by atoms with Gasteiger partial charge >= 0.3 is 0 Å². The molecule has 0 spiro atoms. The fourth-order valence-corrected chi connectivity index (χ4v) is 4.37. The number of anilines is 1. The first-order chi connectivity index (χ1) is 14.2. The largest absolute Gasteiger partial charge is 0.381 e. The summed E-state index contributed by atoms with van der Waals surface area (Å²) >= 11 is 6.13. The van der Waals surface area contributed by atoms with Gasteiger partial charge in [0, 0.05) is 76.1 Å². The summed E-state index contributed by atoms with van der Waals surface area (Å²) in [5.41, 5.74) is 1.23. The minimum absolute atomic E-state index is 0.629. The molecule has 7 heteroatoms. The molecule has 2 fully saturated rings. The fraction of sp³-hybridized carbons (Fsp3) is 0.682. The second-order valence-corrected chi connectivity index (χ2v) is 8.33. The Balaban J connectivity index is 1.31. The monoisotopic (exact) mass is 421 g/mol. The van der Waals surface area contributed by atoms with E-state index in [9.17, 15) is 0 Å². The predicted molar refractivity (Wildman–Crippen MR) is 122 cm³/mol. The molecule has 1 unspecified atom stereocenters. The number of likely N-dealkylation sites (tertiary alicyclic amines) is 1. The van der Waals surface area contributed by atoms with Crippen LogP contribution in [0.3, 0.4) is 0 Å². The summed E-state index contributed by atoms with van der Waals surface area (Å²) in [6, 6.07) is 8.17. The van der Waals surface area contributed by atoms with Crippen LogP contribution in [0.2, 0.25) is 5.02 Å². The molecule has 6 nitrogen and oxygen atoms in total. The molecule has 0 radical (unpaired) electrons. The summed E-state index contributed by atoms with van der Waals surface area (Å²) in [6.45, 7) is 12.3. The van der Waals surface area contributed by atoms with Crippen LogP contribution >= 0.6 is 11.6 Å². The standard InChI is InChI=1S/C22H36ClN5O/c1-3-29-18-19-8-11-28(17-19)22(24-2)25-9-5-10-26-12-14-27(15-13-26)21-7-4-6-20(23)16-21/h4,6-7,16,19H,3,5,8-15,17-18H2,1-2H3,(H,24,25). The lowest BCUT2D eigenvalue weighted by molar-refractivity contribution is 0.114. The van der Waals surface area contributed by atoms with E-state index in [1.165, 1.54) is 12.1 Å². The summed E-state index contributed by atoms with van der Waals surface area (Å²) < 4.78 is 5.58. The van der Waals surface area contributed by atoms with Crippen LogP contribution < -0.4 is 10.2 Å². The highest BCUT2D eigenvalue weighted by Crippen LogP contribution is 2.21. The van der Waals surface area contributed by atoms with E-state index in [-0.39, 0.29) is 0 Å². The van der Waals surface area contributed by atoms with Crippen LogP contribution in [-0.4, -0.2) is 88.4 Å². The smallest absolute Gasteiger partial charge is 0.193 e. The molecule has 3 rings (SSSR count). The average molecular weight is 422 g/mol. The Morgan fingerprint density at radius 3 is 2.79 bits per heavy atom. The summed E-state index contributed by atoms with van der Waals surface area (Å²) in [7, 11) is 1.88. The molecule has 29 heavy (non-hydrogen) atoms. The fourth-order valence-electron chi connectivity index (χ4n) is 4.18. The van der Waals surface area contributed by atoms with Crippen molar-refractivity contribution in [3.05, 3.63) is 29.3 Å². The second kappa shape index (κ2) is 11.6. The number of nitrogens with zero attached hydrogens (tertiary/aromatic N) is 4. The SMILES string of the molecule is CCOCC1CCN(C(=NC)NCCCN2CCN(c3cccc(Cl)c3)CC2)C1. The lowest BCUT2D eigenvalue weighted by Crippen LogP contribution is -2.47. The van der Waals surface area contributed by atoms with Crippen LogP contribution in [0.4, 0.5) is 5.69 Å². The Hall–Kier alpha value is -1.50. The van der Waals surface area contributed by atoms with Crippen LogP contribution in [0.25, 0.3) is 0 Å². The van der Waals surface area contributed by atoms with Gasteiger partial charge in [-0.15, -0.1) is 0 Å². The molecule has 1 atom stereocenters. The predicted octanol–water partition coefficient (Wildman–Crippen LogP) is 2.79. The van der Waals surface area contributed by atoms with Crippen LogP contribution in [0.15, 0.2) is 29.3 Å². The van der Waals surface area contributed by atoms with E-state index in [1.54, 1.807) is 0 Å². The Bertz CT molecular complexity index is 648. The number of hydrogen-bond donors (Lipinski definition) is 1. The van der Waals surface area contributed by atoms with E-state index >= 15 is 0 Å². The molecule has 0 amide bonds. The van der Waals surface area contributed by atoms with Gasteiger partial charge in [-0.1, -0.05) is 17.7 Å². The molecule has 0 aromatic heterocycles. The van der Waals surface area contributed by atoms with Gasteiger partial charge in [0.15, 0.2) is 5.96 Å². The van der Waals surface area contributed by atoms with Crippen molar-refractivity contribution < 1.29 is 4.74 Å². The Morgan fingerprint density at radius 2 is 2.07 bits per heavy atom. The van der Waals surface area contributed by atoms with Crippen LogP contribution in [-0.2, 0) is 4.74 Å². The first-order valence-corrected chi connectivity index (χ1v) is 11.3. The third kappa shape index (κ3) is 6.76. The third-order valence-electron chi connectivity index (χ3n) is 5.83. The second-order valence-electron chi connectivity index (χ2n) is 7.90. The highest BCUT2D eigenvalue weighted by atomic mass is 35.5. The number of aliphatic imine (C=N–C) groups is 1. The molecule has 162 valence electrons. The van der Waals surface area contributed by atoms with Gasteiger partial charge in [-0.3, -0.25) is 9.89 Å². The van der Waals surface area contributed by atoms with Crippen LogP contribution in [0.1, 0.15) is 19.8 Å². The molecule has 1 aromatic rings. The molecule has 1 aromatic carbocycles. The molecule has 1 N–H and O–H groups in total. The van der Waals surface area contributed by atoms with Gasteiger partial charge < -0.3 is 19.9 Å². The Labute approximate surface area is 180 Å². The molecule has 2 saturated heterocycles. The van der Waals surface area contributed by atoms with Crippen molar-refractivity contribution in [2.45, 2.75) is 19.8 Å². The number of nitrogens with one attached hydrogen (secondary N) is 1. The zero-order valence-corrected chi connectivity index (χ0v) is 18.7. The van der Waals surface area contributed by atoms with Crippen molar-refractivity contribution in [2.75, 3.05) is 77.5 Å². The Kier molecular flexibility index (Phi) is 8.90. The van der Waals surface area contributed by atoms with E-state index in [2.05, 4.69) is 44.1 Å². The third-order valence-corrected chi connectivity index (χ3v) is 6.07. The van der Waals surface area contributed by atoms with E-state index in [0.29, 0.717) is 5.92 Å². The van der Waals surface area contributed by atoms with Crippen molar-refractivity contribution in [3.63, 3.8) is 0 Å². The molecule has 2 aliphatic heterocycles. The minimum atomic E-state index is 0.629. The molecule has 2 heterocycles. The van der Waals surface area contributed by atoms with Gasteiger partial charge in [-0.25, -0.2) is 0 Å². The maximum atomic E-state index is 6.13. The van der Waals surface area contributed by atoms with E-state index in [1.807, 2.05) is 19.2 Å². The van der Waals surface area contributed by atoms with E-state index in [4.69, 9.17) is 16.3 Å². The lowest BCUT2D eigenvalue weighted by atomic mass is 10.1. The maximum Gasteiger partial charge on any atom is 0.193 e. The summed E-state index contributed by atoms with van der Waals surface area (Å²) in [5.74, 6) is 1.67. The molecular weight excluding hydrogens is 386 g/mol. The zero-order chi connectivity index (χ0) is 20.5. The van der Waals surface area contributed by atoms with Gasteiger partial charge in [0.1, 0.15) is 0 Å². The first-order valence-electron chi connectivity index (χ1n) is 11.0. The molecule has 0 aliphatic carbocycles. The van der Waals surface area contributed by atoms with Crippen LogP contribution in [0.5, 0.6) is 0 Å². The van der Waals surface area contributed by atoms with Gasteiger partial charge in [0.05, 0.1) is 6.61 Å². The minimum Gasteiger partial charge on any atom is -0.381 e. The van der Waals surface area contributed by atoms with Gasteiger partial charge in [-0.2, -0.15) is 0 Å². The number of guanidine groups is 1. The van der Waals surface area contributed by atoms with Crippen molar-refractivity contribution in [2.24, 2.45) is 10.9 Å². The average Bonchev–Trinajstić information content (AvgIpc) is 3.21. The Morgan fingerprint density at radius 1 is 1.24 bits per heavy atom. The highest BCUT2D eigenvalue weighted by Gasteiger charge is 2.24. The van der Waals surface area contributed by atoms with Gasteiger partial charge in [0.2, 0.25) is 0 Å². The summed E-state index contributed by atoms with van der Waals surface area (Å²) in [5, 5.41) is 4.36. The molecular formula is C22H36ClN5O.